The number of nitrogens with one attached hydrogen (secondary N) is 1. The number of alkyl halides is 3. The van der Waals surface area contributed by atoms with Crippen molar-refractivity contribution in [2.45, 2.75) is 31.9 Å². The number of pyridine rings is 2. The fourth-order valence-electron chi connectivity index (χ4n) is 3.11. The topological polar surface area (TPSA) is 45.8 Å². The Morgan fingerprint density at radius 3 is 2.26 bits per heavy atom. The van der Waals surface area contributed by atoms with Crippen molar-refractivity contribution in [1.82, 2.24) is 9.97 Å². The zero-order chi connectivity index (χ0) is 19.7. The average Bonchev–Trinajstić information content (AvgIpc) is 2.62. The number of aryl methyl sites for hydroxylation is 1. The van der Waals surface area contributed by atoms with Crippen LogP contribution in [0, 0.1) is 6.92 Å². The lowest BCUT2D eigenvalue weighted by Crippen LogP contribution is -2.31. The highest BCUT2D eigenvalue weighted by Crippen LogP contribution is 2.34. The number of nitrogens with zero attached hydrogens (tertiary/aromatic N) is 1. The van der Waals surface area contributed by atoms with Crippen LogP contribution in [0.1, 0.15) is 35.0 Å². The Morgan fingerprint density at radius 2 is 1.70 bits per heavy atom. The summed E-state index contributed by atoms with van der Waals surface area (Å²) in [7, 11) is 0. The number of halogens is 3. The van der Waals surface area contributed by atoms with Crippen molar-refractivity contribution in [3.8, 4) is 0 Å². The third-order valence-corrected chi connectivity index (χ3v) is 4.68. The quantitative estimate of drug-likeness (QED) is 0.725. The van der Waals surface area contributed by atoms with Crippen molar-refractivity contribution in [3.63, 3.8) is 0 Å². The molecule has 140 valence electrons. The van der Waals surface area contributed by atoms with E-state index in [1.54, 1.807) is 18.3 Å². The number of aromatic nitrogens is 2. The zero-order valence-corrected chi connectivity index (χ0v) is 15.0. The van der Waals surface area contributed by atoms with Gasteiger partial charge in [0.25, 0.3) is 0 Å². The van der Waals surface area contributed by atoms with E-state index in [0.29, 0.717) is 12.1 Å². The molecule has 3 nitrogen and oxygen atoms in total. The molecule has 3 rings (SSSR count). The molecule has 0 bridgehead atoms. The third kappa shape index (κ3) is 4.10. The molecule has 1 unspecified atom stereocenters. The van der Waals surface area contributed by atoms with E-state index in [9.17, 15) is 18.0 Å². The normalized spacial score (nSPS) is 14.0. The second-order valence-corrected chi connectivity index (χ2v) is 6.85. The molecule has 1 atom stereocenters. The highest BCUT2D eigenvalue weighted by Gasteiger charge is 2.33. The van der Waals surface area contributed by atoms with E-state index < -0.39 is 17.2 Å². The van der Waals surface area contributed by atoms with Gasteiger partial charge in [-0.15, -0.1) is 0 Å². The molecular formula is C21H19F3N2O. The maximum absolute atomic E-state index is 12.8. The molecule has 0 amide bonds. The van der Waals surface area contributed by atoms with Crippen LogP contribution in [0.2, 0.25) is 0 Å². The van der Waals surface area contributed by atoms with Crippen molar-refractivity contribution in [2.24, 2.45) is 0 Å². The van der Waals surface area contributed by atoms with E-state index in [2.05, 4.69) is 9.97 Å². The molecular weight excluding hydrogens is 353 g/mol. The number of aromatic amines is 1. The van der Waals surface area contributed by atoms with Crippen molar-refractivity contribution in [3.05, 3.63) is 99.2 Å². The van der Waals surface area contributed by atoms with Crippen LogP contribution in [0.15, 0.2) is 65.6 Å². The smallest absolute Gasteiger partial charge is 0.325 e. The monoisotopic (exact) mass is 372 g/mol. The zero-order valence-electron chi connectivity index (χ0n) is 15.0. The second-order valence-electron chi connectivity index (χ2n) is 6.85. The standard InChI is InChI=1S/C21H19F3N2O/c1-14-6-11-17(25-13-14)20(2,18-4-3-5-19(27)26-18)12-15-7-9-16(10-8-15)21(22,23)24/h3-11,13H,12H2,1-2H3,(H,26,27). The average molecular weight is 372 g/mol. The predicted molar refractivity (Wildman–Crippen MR) is 97.6 cm³/mol. The van der Waals surface area contributed by atoms with Gasteiger partial charge in [0.1, 0.15) is 0 Å². The summed E-state index contributed by atoms with van der Waals surface area (Å²) in [6.07, 6.45) is -2.24. The predicted octanol–water partition coefficient (Wildman–Crippen LogP) is 4.65. The van der Waals surface area contributed by atoms with Gasteiger partial charge < -0.3 is 4.98 Å². The molecule has 0 saturated carbocycles. The summed E-state index contributed by atoms with van der Waals surface area (Å²) < 4.78 is 38.5. The molecule has 0 spiro atoms. The fraction of sp³-hybridized carbons (Fsp3) is 0.238. The Bertz CT molecular complexity index is 976. The number of hydrogen-bond donors (Lipinski definition) is 1. The molecule has 0 fully saturated rings. The fourth-order valence-corrected chi connectivity index (χ4v) is 3.11. The molecule has 6 heteroatoms. The number of benzene rings is 1. The van der Waals surface area contributed by atoms with E-state index in [1.165, 1.54) is 18.2 Å². The summed E-state index contributed by atoms with van der Waals surface area (Å²) in [6, 6.07) is 13.8. The molecule has 1 N–H and O–H groups in total. The number of rotatable bonds is 4. The van der Waals surface area contributed by atoms with Gasteiger partial charge in [-0.3, -0.25) is 9.78 Å². The van der Waals surface area contributed by atoms with Crippen LogP contribution in [-0.4, -0.2) is 9.97 Å². The van der Waals surface area contributed by atoms with Crippen molar-refractivity contribution in [1.29, 1.82) is 0 Å². The summed E-state index contributed by atoms with van der Waals surface area (Å²) >= 11 is 0. The first-order valence-electron chi connectivity index (χ1n) is 8.47. The molecule has 0 aliphatic heterocycles. The Morgan fingerprint density at radius 1 is 1.00 bits per heavy atom. The number of hydrogen-bond acceptors (Lipinski definition) is 2. The van der Waals surface area contributed by atoms with Crippen LogP contribution in [0.4, 0.5) is 13.2 Å². The van der Waals surface area contributed by atoms with Gasteiger partial charge in [-0.05, 0) is 55.7 Å². The van der Waals surface area contributed by atoms with E-state index in [0.717, 1.165) is 29.0 Å². The highest BCUT2D eigenvalue weighted by atomic mass is 19.4. The summed E-state index contributed by atoms with van der Waals surface area (Å²) in [5, 5.41) is 0. The van der Waals surface area contributed by atoms with Crippen LogP contribution in [0.25, 0.3) is 0 Å². The highest BCUT2D eigenvalue weighted by molar-refractivity contribution is 5.36. The lowest BCUT2D eigenvalue weighted by atomic mass is 9.77. The molecule has 2 aromatic heterocycles. The number of H-pyrrole nitrogens is 1. The molecule has 2 heterocycles. The van der Waals surface area contributed by atoms with Crippen LogP contribution >= 0.6 is 0 Å². The lowest BCUT2D eigenvalue weighted by molar-refractivity contribution is -0.137. The summed E-state index contributed by atoms with van der Waals surface area (Å²) in [5.74, 6) is 0. The van der Waals surface area contributed by atoms with Gasteiger partial charge in [-0.25, -0.2) is 0 Å². The Kier molecular flexibility index (Phi) is 4.91. The Balaban J connectivity index is 2.05. The molecule has 0 aliphatic rings. The summed E-state index contributed by atoms with van der Waals surface area (Å²) in [6.45, 7) is 3.85. The van der Waals surface area contributed by atoms with E-state index >= 15 is 0 Å². The van der Waals surface area contributed by atoms with E-state index in [-0.39, 0.29) is 5.56 Å². The lowest BCUT2D eigenvalue weighted by Gasteiger charge is -2.29. The minimum Gasteiger partial charge on any atom is -0.325 e. The van der Waals surface area contributed by atoms with Crippen LogP contribution in [-0.2, 0) is 18.0 Å². The van der Waals surface area contributed by atoms with Crippen molar-refractivity contribution < 1.29 is 13.2 Å². The molecule has 0 radical (unpaired) electrons. The molecule has 0 saturated heterocycles. The minimum absolute atomic E-state index is 0.238. The van der Waals surface area contributed by atoms with Crippen LogP contribution in [0.5, 0.6) is 0 Å². The van der Waals surface area contributed by atoms with Crippen molar-refractivity contribution in [2.75, 3.05) is 0 Å². The molecule has 3 aromatic rings. The first-order chi connectivity index (χ1) is 12.7. The van der Waals surface area contributed by atoms with Gasteiger partial charge in [-0.2, -0.15) is 13.2 Å². The van der Waals surface area contributed by atoms with Gasteiger partial charge in [0.15, 0.2) is 0 Å². The van der Waals surface area contributed by atoms with E-state index in [4.69, 9.17) is 0 Å². The Labute approximate surface area is 154 Å². The van der Waals surface area contributed by atoms with Crippen LogP contribution < -0.4 is 5.56 Å². The van der Waals surface area contributed by atoms with Crippen molar-refractivity contribution >= 4 is 0 Å². The van der Waals surface area contributed by atoms with Gasteiger partial charge in [0, 0.05) is 18.0 Å². The largest absolute Gasteiger partial charge is 0.416 e. The maximum atomic E-state index is 12.8. The Hall–Kier alpha value is -2.89. The van der Waals surface area contributed by atoms with Gasteiger partial charge in [0.2, 0.25) is 5.56 Å². The third-order valence-electron chi connectivity index (χ3n) is 4.68. The molecule has 27 heavy (non-hydrogen) atoms. The van der Waals surface area contributed by atoms with Gasteiger partial charge in [-0.1, -0.05) is 24.3 Å². The molecule has 1 aromatic carbocycles. The first-order valence-corrected chi connectivity index (χ1v) is 8.47. The summed E-state index contributed by atoms with van der Waals surface area (Å²) in [5.41, 5.74) is 1.48. The molecule has 0 aliphatic carbocycles. The first kappa shape index (κ1) is 18.9. The maximum Gasteiger partial charge on any atom is 0.416 e. The SMILES string of the molecule is Cc1ccc(C(C)(Cc2ccc(C(F)(F)F)cc2)c2cccc(=O)[nH]2)nc1. The second kappa shape index (κ2) is 7.02. The van der Waals surface area contributed by atoms with E-state index in [1.807, 2.05) is 26.0 Å². The minimum atomic E-state index is -4.37. The van der Waals surface area contributed by atoms with Crippen LogP contribution in [0.3, 0.4) is 0 Å². The van der Waals surface area contributed by atoms with Gasteiger partial charge in [0.05, 0.1) is 16.7 Å². The van der Waals surface area contributed by atoms with Gasteiger partial charge >= 0.3 is 6.18 Å². The summed E-state index contributed by atoms with van der Waals surface area (Å²) in [4.78, 5) is 19.2.